The van der Waals surface area contributed by atoms with E-state index in [9.17, 15) is 8.42 Å². The Hall–Kier alpha value is -1.18. The van der Waals surface area contributed by atoms with Crippen LogP contribution in [0.1, 0.15) is 13.8 Å². The van der Waals surface area contributed by atoms with Crippen molar-refractivity contribution in [3.05, 3.63) is 18.3 Å². The van der Waals surface area contributed by atoms with Gasteiger partial charge in [-0.15, -0.1) is 0 Å². The molecule has 0 saturated heterocycles. The van der Waals surface area contributed by atoms with Crippen molar-refractivity contribution in [2.24, 2.45) is 5.14 Å². The number of primary sulfonamides is 1. The Bertz CT molecular complexity index is 461. The van der Waals surface area contributed by atoms with E-state index >= 15 is 0 Å². The molecule has 0 amide bonds. The maximum absolute atomic E-state index is 11.3. The van der Waals surface area contributed by atoms with E-state index in [1.54, 1.807) is 6.92 Å². The number of ether oxygens (including phenoxy) is 2. The van der Waals surface area contributed by atoms with Crippen LogP contribution in [0.4, 0.5) is 0 Å². The average molecular weight is 260 g/mol. The van der Waals surface area contributed by atoms with Gasteiger partial charge in [0.1, 0.15) is 11.0 Å². The number of aromatic nitrogens is 1. The summed E-state index contributed by atoms with van der Waals surface area (Å²) in [7, 11) is -3.83. The number of hydrogen-bond acceptors (Lipinski definition) is 5. The molecule has 1 rings (SSSR count). The molecular formula is C10H16N2O4S. The van der Waals surface area contributed by atoms with Gasteiger partial charge in [-0.2, -0.15) is 0 Å². The summed E-state index contributed by atoms with van der Waals surface area (Å²) in [6.45, 7) is 4.55. The molecule has 0 aliphatic carbocycles. The van der Waals surface area contributed by atoms with Gasteiger partial charge in [-0.1, -0.05) is 0 Å². The van der Waals surface area contributed by atoms with Gasteiger partial charge in [0.25, 0.3) is 0 Å². The van der Waals surface area contributed by atoms with Gasteiger partial charge in [0.2, 0.25) is 15.9 Å². The summed E-state index contributed by atoms with van der Waals surface area (Å²) >= 11 is 0. The number of pyridine rings is 1. The molecule has 17 heavy (non-hydrogen) atoms. The smallest absolute Gasteiger partial charge is 0.243 e. The fourth-order valence-corrected chi connectivity index (χ4v) is 1.80. The molecule has 96 valence electrons. The predicted molar refractivity (Wildman–Crippen MR) is 62.2 cm³/mol. The lowest BCUT2D eigenvalue weighted by atomic mass is 10.4. The SMILES string of the molecule is CCOCC(C)Oc1ncccc1S(N)(=O)=O. The standard InChI is InChI=1S/C10H16N2O4S/c1-3-15-7-8(2)16-10-9(17(11,13)14)5-4-6-12-10/h4-6,8H,3,7H2,1-2H3,(H2,11,13,14). The molecule has 0 fully saturated rings. The fourth-order valence-electron chi connectivity index (χ4n) is 1.19. The number of nitrogens with zero attached hydrogens (tertiary/aromatic N) is 1. The predicted octanol–water partition coefficient (Wildman–Crippen LogP) is 0.533. The molecular weight excluding hydrogens is 244 g/mol. The van der Waals surface area contributed by atoms with Gasteiger partial charge in [-0.25, -0.2) is 18.5 Å². The lowest BCUT2D eigenvalue weighted by Crippen LogP contribution is -2.22. The quantitative estimate of drug-likeness (QED) is 0.805. The molecule has 0 spiro atoms. The Morgan fingerprint density at radius 2 is 2.24 bits per heavy atom. The summed E-state index contributed by atoms with van der Waals surface area (Å²) in [5.74, 6) is 0.00204. The molecule has 1 aromatic heterocycles. The van der Waals surface area contributed by atoms with Crippen LogP contribution in [0.15, 0.2) is 23.2 Å². The third kappa shape index (κ3) is 4.29. The minimum absolute atomic E-state index is 0.00204. The largest absolute Gasteiger partial charge is 0.471 e. The van der Waals surface area contributed by atoms with E-state index in [2.05, 4.69) is 4.98 Å². The zero-order chi connectivity index (χ0) is 12.9. The Labute approximate surface area is 101 Å². The first-order valence-corrected chi connectivity index (χ1v) is 6.72. The van der Waals surface area contributed by atoms with Gasteiger partial charge < -0.3 is 9.47 Å². The summed E-state index contributed by atoms with van der Waals surface area (Å²) in [5.41, 5.74) is 0. The zero-order valence-electron chi connectivity index (χ0n) is 9.79. The van der Waals surface area contributed by atoms with Crippen LogP contribution in [0.5, 0.6) is 5.88 Å². The highest BCUT2D eigenvalue weighted by Crippen LogP contribution is 2.19. The summed E-state index contributed by atoms with van der Waals surface area (Å²) in [6, 6.07) is 2.84. The van der Waals surface area contributed by atoms with E-state index in [1.165, 1.54) is 18.3 Å². The van der Waals surface area contributed by atoms with Crippen LogP contribution in [0.3, 0.4) is 0 Å². The third-order valence-electron chi connectivity index (χ3n) is 1.91. The highest BCUT2D eigenvalue weighted by molar-refractivity contribution is 7.89. The summed E-state index contributed by atoms with van der Waals surface area (Å²) in [6.07, 6.45) is 1.14. The van der Waals surface area contributed by atoms with Crippen LogP contribution in [0.2, 0.25) is 0 Å². The van der Waals surface area contributed by atoms with Gasteiger partial charge in [0, 0.05) is 12.8 Å². The first kappa shape index (κ1) is 13.9. The molecule has 1 atom stereocenters. The molecule has 0 radical (unpaired) electrons. The molecule has 6 nitrogen and oxygen atoms in total. The minimum atomic E-state index is -3.83. The monoisotopic (exact) mass is 260 g/mol. The number of sulfonamides is 1. The maximum atomic E-state index is 11.3. The highest BCUT2D eigenvalue weighted by Gasteiger charge is 2.17. The third-order valence-corrected chi connectivity index (χ3v) is 2.84. The molecule has 2 N–H and O–H groups in total. The Morgan fingerprint density at radius 3 is 2.82 bits per heavy atom. The first-order chi connectivity index (χ1) is 7.95. The van der Waals surface area contributed by atoms with Crippen molar-refractivity contribution in [3.63, 3.8) is 0 Å². The molecule has 1 unspecified atom stereocenters. The molecule has 0 bridgehead atoms. The van der Waals surface area contributed by atoms with Gasteiger partial charge in [-0.3, -0.25) is 0 Å². The molecule has 0 saturated carbocycles. The van der Waals surface area contributed by atoms with Crippen molar-refractivity contribution in [1.82, 2.24) is 4.98 Å². The van der Waals surface area contributed by atoms with Crippen LogP contribution in [0, 0.1) is 0 Å². The molecule has 0 aliphatic rings. The van der Waals surface area contributed by atoms with Crippen molar-refractivity contribution in [1.29, 1.82) is 0 Å². The van der Waals surface area contributed by atoms with E-state index in [0.29, 0.717) is 13.2 Å². The average Bonchev–Trinajstić information content (AvgIpc) is 2.25. The molecule has 1 aromatic rings. The molecule has 1 heterocycles. The van der Waals surface area contributed by atoms with Crippen molar-refractivity contribution >= 4 is 10.0 Å². The second-order valence-electron chi connectivity index (χ2n) is 3.44. The molecule has 0 aliphatic heterocycles. The van der Waals surface area contributed by atoms with E-state index in [4.69, 9.17) is 14.6 Å². The lowest BCUT2D eigenvalue weighted by molar-refractivity contribution is 0.0617. The lowest BCUT2D eigenvalue weighted by Gasteiger charge is -2.15. The first-order valence-electron chi connectivity index (χ1n) is 5.17. The fraction of sp³-hybridized carbons (Fsp3) is 0.500. The van der Waals surface area contributed by atoms with E-state index in [0.717, 1.165) is 0 Å². The van der Waals surface area contributed by atoms with Crippen LogP contribution in [0.25, 0.3) is 0 Å². The van der Waals surface area contributed by atoms with Crippen molar-refractivity contribution in [3.8, 4) is 5.88 Å². The van der Waals surface area contributed by atoms with E-state index in [1.807, 2.05) is 6.92 Å². The summed E-state index contributed by atoms with van der Waals surface area (Å²) in [5, 5.41) is 5.05. The Morgan fingerprint density at radius 1 is 1.53 bits per heavy atom. The van der Waals surface area contributed by atoms with Crippen LogP contribution >= 0.6 is 0 Å². The highest BCUT2D eigenvalue weighted by atomic mass is 32.2. The van der Waals surface area contributed by atoms with Crippen LogP contribution in [-0.2, 0) is 14.8 Å². The number of hydrogen-bond donors (Lipinski definition) is 1. The van der Waals surface area contributed by atoms with E-state index in [-0.39, 0.29) is 16.9 Å². The Balaban J connectivity index is 2.84. The summed E-state index contributed by atoms with van der Waals surface area (Å²) in [4.78, 5) is 3.73. The maximum Gasteiger partial charge on any atom is 0.243 e. The number of rotatable bonds is 6. The second-order valence-corrected chi connectivity index (χ2v) is 4.97. The van der Waals surface area contributed by atoms with Crippen molar-refractivity contribution in [2.45, 2.75) is 24.8 Å². The van der Waals surface area contributed by atoms with Crippen molar-refractivity contribution < 1.29 is 17.9 Å². The Kier molecular flexibility index (Phi) is 4.86. The van der Waals surface area contributed by atoms with Gasteiger partial charge in [0.05, 0.1) is 6.61 Å². The van der Waals surface area contributed by atoms with Gasteiger partial charge in [0.15, 0.2) is 0 Å². The zero-order valence-corrected chi connectivity index (χ0v) is 10.6. The topological polar surface area (TPSA) is 91.5 Å². The molecule has 0 aromatic carbocycles. The number of nitrogens with two attached hydrogens (primary N) is 1. The van der Waals surface area contributed by atoms with Crippen LogP contribution in [-0.4, -0.2) is 32.7 Å². The minimum Gasteiger partial charge on any atom is -0.471 e. The van der Waals surface area contributed by atoms with Gasteiger partial charge >= 0.3 is 0 Å². The van der Waals surface area contributed by atoms with E-state index < -0.39 is 10.0 Å². The second kappa shape index (κ2) is 5.95. The summed E-state index contributed by atoms with van der Waals surface area (Å²) < 4.78 is 33.1. The van der Waals surface area contributed by atoms with Gasteiger partial charge in [-0.05, 0) is 26.0 Å². The molecule has 7 heteroatoms. The van der Waals surface area contributed by atoms with Crippen LogP contribution < -0.4 is 9.88 Å². The normalized spacial score (nSPS) is 13.4. The van der Waals surface area contributed by atoms with Crippen molar-refractivity contribution in [2.75, 3.05) is 13.2 Å².